The normalized spacial score (nSPS) is 14.5. The number of rotatable bonds is 6. The third-order valence-corrected chi connectivity index (χ3v) is 5.05. The third-order valence-electron chi connectivity index (χ3n) is 5.05. The van der Waals surface area contributed by atoms with Crippen molar-refractivity contribution in [2.45, 2.75) is 33.6 Å². The van der Waals surface area contributed by atoms with Crippen molar-refractivity contribution in [3.8, 4) is 0 Å². The number of pyridine rings is 1. The molecule has 0 aliphatic carbocycles. The zero-order chi connectivity index (χ0) is 19.2. The summed E-state index contributed by atoms with van der Waals surface area (Å²) in [6.45, 7) is 9.17. The van der Waals surface area contributed by atoms with Crippen molar-refractivity contribution in [3.63, 3.8) is 0 Å². The number of hydrogen-bond donors (Lipinski definition) is 1. The SMILES string of the molecule is CCC(CC)C(=O)N1CCN(c2ccc(Nc3cccc(C)n3)nn2)CC1. The highest BCUT2D eigenvalue weighted by molar-refractivity contribution is 5.79. The predicted molar refractivity (Wildman–Crippen MR) is 107 cm³/mol. The number of carbonyl (C=O) groups excluding carboxylic acids is 1. The molecule has 0 radical (unpaired) electrons. The molecule has 1 fully saturated rings. The van der Waals surface area contributed by atoms with Gasteiger partial charge in [0.25, 0.3) is 0 Å². The van der Waals surface area contributed by atoms with Gasteiger partial charge in [-0.3, -0.25) is 4.79 Å². The number of nitrogens with zero attached hydrogens (tertiary/aromatic N) is 5. The number of piperazine rings is 1. The highest BCUT2D eigenvalue weighted by atomic mass is 16.2. The molecule has 0 spiro atoms. The maximum absolute atomic E-state index is 12.5. The van der Waals surface area contributed by atoms with Crippen LogP contribution in [0.2, 0.25) is 0 Å². The number of nitrogens with one attached hydrogen (secondary N) is 1. The molecule has 2 aromatic rings. The standard InChI is InChI=1S/C20H28N6O/c1-4-16(5-2)20(27)26-13-11-25(12-14-26)19-10-9-18(23-24-19)22-17-8-6-7-15(3)21-17/h6-10,16H,4-5,11-14H2,1-3H3,(H,21,22,23). The van der Waals surface area contributed by atoms with E-state index in [0.717, 1.165) is 56.4 Å². The molecule has 3 heterocycles. The van der Waals surface area contributed by atoms with E-state index >= 15 is 0 Å². The van der Waals surface area contributed by atoms with Gasteiger partial charge in [-0.2, -0.15) is 0 Å². The molecule has 3 rings (SSSR count). The number of aryl methyl sites for hydroxylation is 1. The molecule has 1 saturated heterocycles. The Kier molecular flexibility index (Phi) is 6.21. The lowest BCUT2D eigenvalue weighted by Crippen LogP contribution is -2.50. The first-order valence-electron chi connectivity index (χ1n) is 9.68. The fraction of sp³-hybridized carbons (Fsp3) is 0.500. The zero-order valence-electron chi connectivity index (χ0n) is 16.4. The van der Waals surface area contributed by atoms with Crippen molar-refractivity contribution in [3.05, 3.63) is 36.0 Å². The van der Waals surface area contributed by atoms with E-state index in [2.05, 4.69) is 39.2 Å². The minimum absolute atomic E-state index is 0.150. The van der Waals surface area contributed by atoms with E-state index in [1.54, 1.807) is 0 Å². The van der Waals surface area contributed by atoms with E-state index in [-0.39, 0.29) is 11.8 Å². The summed E-state index contributed by atoms with van der Waals surface area (Å²) in [7, 11) is 0. The van der Waals surface area contributed by atoms with E-state index < -0.39 is 0 Å². The second kappa shape index (κ2) is 8.79. The number of amides is 1. The Morgan fingerprint density at radius 3 is 2.37 bits per heavy atom. The minimum Gasteiger partial charge on any atom is -0.352 e. The molecule has 7 heteroatoms. The molecule has 1 aliphatic heterocycles. The summed E-state index contributed by atoms with van der Waals surface area (Å²) in [6.07, 6.45) is 1.82. The topological polar surface area (TPSA) is 74.2 Å². The third kappa shape index (κ3) is 4.72. The minimum atomic E-state index is 0.150. The first-order chi connectivity index (χ1) is 13.1. The maximum atomic E-state index is 12.5. The predicted octanol–water partition coefficient (Wildman–Crippen LogP) is 3.01. The Labute approximate surface area is 160 Å². The molecule has 2 aromatic heterocycles. The van der Waals surface area contributed by atoms with Crippen molar-refractivity contribution in [1.29, 1.82) is 0 Å². The van der Waals surface area contributed by atoms with Crippen LogP contribution in [0.4, 0.5) is 17.5 Å². The van der Waals surface area contributed by atoms with Gasteiger partial charge in [-0.05, 0) is 44.0 Å². The van der Waals surface area contributed by atoms with E-state index in [9.17, 15) is 4.79 Å². The van der Waals surface area contributed by atoms with Gasteiger partial charge < -0.3 is 15.1 Å². The van der Waals surface area contributed by atoms with Crippen LogP contribution in [0.1, 0.15) is 32.4 Å². The summed E-state index contributed by atoms with van der Waals surface area (Å²) < 4.78 is 0. The van der Waals surface area contributed by atoms with Gasteiger partial charge in [-0.1, -0.05) is 19.9 Å². The Balaban J connectivity index is 1.56. The molecule has 1 aliphatic rings. The van der Waals surface area contributed by atoms with Crippen LogP contribution >= 0.6 is 0 Å². The molecule has 0 bridgehead atoms. The van der Waals surface area contributed by atoms with Gasteiger partial charge in [-0.25, -0.2) is 4.98 Å². The fourth-order valence-corrected chi connectivity index (χ4v) is 3.36. The number of carbonyl (C=O) groups is 1. The van der Waals surface area contributed by atoms with Crippen molar-refractivity contribution in [2.24, 2.45) is 5.92 Å². The summed E-state index contributed by atoms with van der Waals surface area (Å²) >= 11 is 0. The Morgan fingerprint density at radius 1 is 1.04 bits per heavy atom. The van der Waals surface area contributed by atoms with Crippen LogP contribution in [0.3, 0.4) is 0 Å². The highest BCUT2D eigenvalue weighted by Gasteiger charge is 2.26. The van der Waals surface area contributed by atoms with Crippen molar-refractivity contribution in [1.82, 2.24) is 20.1 Å². The van der Waals surface area contributed by atoms with Crippen molar-refractivity contribution < 1.29 is 4.79 Å². The van der Waals surface area contributed by atoms with Crippen LogP contribution in [0.15, 0.2) is 30.3 Å². The molecule has 144 valence electrons. The smallest absolute Gasteiger partial charge is 0.225 e. The Bertz CT molecular complexity index is 751. The molecular formula is C20H28N6O. The maximum Gasteiger partial charge on any atom is 0.225 e. The fourth-order valence-electron chi connectivity index (χ4n) is 3.36. The number of hydrogen-bond acceptors (Lipinski definition) is 6. The average molecular weight is 368 g/mol. The molecule has 1 N–H and O–H groups in total. The molecule has 1 amide bonds. The quantitative estimate of drug-likeness (QED) is 0.845. The van der Waals surface area contributed by atoms with Gasteiger partial charge in [0.15, 0.2) is 11.6 Å². The second-order valence-corrected chi connectivity index (χ2v) is 6.89. The highest BCUT2D eigenvalue weighted by Crippen LogP contribution is 2.19. The van der Waals surface area contributed by atoms with E-state index in [4.69, 9.17) is 0 Å². The average Bonchev–Trinajstić information content (AvgIpc) is 2.70. The van der Waals surface area contributed by atoms with Crippen molar-refractivity contribution >= 4 is 23.4 Å². The van der Waals surface area contributed by atoms with E-state index in [0.29, 0.717) is 5.82 Å². The summed E-state index contributed by atoms with van der Waals surface area (Å²) in [5.74, 6) is 2.70. The van der Waals surface area contributed by atoms with Gasteiger partial charge in [0.05, 0.1) is 0 Å². The van der Waals surface area contributed by atoms with Gasteiger partial charge in [0.2, 0.25) is 5.91 Å². The number of anilines is 3. The number of aromatic nitrogens is 3. The first-order valence-corrected chi connectivity index (χ1v) is 9.68. The van der Waals surface area contributed by atoms with Crippen molar-refractivity contribution in [2.75, 3.05) is 36.4 Å². The van der Waals surface area contributed by atoms with Crippen LogP contribution in [-0.2, 0) is 4.79 Å². The Morgan fingerprint density at radius 2 is 1.78 bits per heavy atom. The van der Waals surface area contributed by atoms with Crippen LogP contribution in [0, 0.1) is 12.8 Å². The lowest BCUT2D eigenvalue weighted by Gasteiger charge is -2.36. The summed E-state index contributed by atoms with van der Waals surface area (Å²) in [6, 6.07) is 9.68. The summed E-state index contributed by atoms with van der Waals surface area (Å²) in [4.78, 5) is 21.1. The van der Waals surface area contributed by atoms with Crippen LogP contribution in [0.5, 0.6) is 0 Å². The molecule has 0 atom stereocenters. The molecular weight excluding hydrogens is 340 g/mol. The first kappa shape index (κ1) is 19.1. The second-order valence-electron chi connectivity index (χ2n) is 6.89. The molecule has 0 saturated carbocycles. The largest absolute Gasteiger partial charge is 0.352 e. The lowest BCUT2D eigenvalue weighted by molar-refractivity contribution is -0.136. The molecule has 27 heavy (non-hydrogen) atoms. The van der Waals surface area contributed by atoms with Gasteiger partial charge in [0.1, 0.15) is 5.82 Å². The van der Waals surface area contributed by atoms with Crippen LogP contribution < -0.4 is 10.2 Å². The van der Waals surface area contributed by atoms with Gasteiger partial charge in [0, 0.05) is 37.8 Å². The van der Waals surface area contributed by atoms with Gasteiger partial charge >= 0.3 is 0 Å². The van der Waals surface area contributed by atoms with Crippen LogP contribution in [0.25, 0.3) is 0 Å². The zero-order valence-corrected chi connectivity index (χ0v) is 16.4. The summed E-state index contributed by atoms with van der Waals surface area (Å²) in [5.41, 5.74) is 0.949. The summed E-state index contributed by atoms with van der Waals surface area (Å²) in [5, 5.41) is 11.8. The Hall–Kier alpha value is -2.70. The molecule has 0 aromatic carbocycles. The lowest BCUT2D eigenvalue weighted by atomic mass is 10.0. The molecule has 0 unspecified atom stereocenters. The monoisotopic (exact) mass is 368 g/mol. The molecule has 7 nitrogen and oxygen atoms in total. The van der Waals surface area contributed by atoms with E-state index in [1.807, 2.05) is 42.2 Å². The van der Waals surface area contributed by atoms with Gasteiger partial charge in [-0.15, -0.1) is 10.2 Å². The van der Waals surface area contributed by atoms with Crippen LogP contribution in [-0.4, -0.2) is 52.2 Å². The van der Waals surface area contributed by atoms with E-state index in [1.165, 1.54) is 0 Å².